The van der Waals surface area contributed by atoms with Crippen LogP contribution in [0.3, 0.4) is 0 Å². The Hall–Kier alpha value is -4.38. The molecule has 1 aliphatic rings. The van der Waals surface area contributed by atoms with Gasteiger partial charge in [-0.3, -0.25) is 14.5 Å². The van der Waals surface area contributed by atoms with Crippen LogP contribution in [0.5, 0.6) is 17.2 Å². The van der Waals surface area contributed by atoms with Crippen molar-refractivity contribution in [2.75, 3.05) is 31.8 Å². The molecule has 1 amide bonds. The molecular formula is C33H38N2O8S. The molecule has 1 aliphatic heterocycles. The predicted molar refractivity (Wildman–Crippen MR) is 168 cm³/mol. The monoisotopic (exact) mass is 622 g/mol. The first kappa shape index (κ1) is 32.5. The summed E-state index contributed by atoms with van der Waals surface area (Å²) in [6.07, 6.45) is 3.64. The van der Waals surface area contributed by atoms with Gasteiger partial charge in [-0.15, -0.1) is 0 Å². The van der Waals surface area contributed by atoms with Crippen molar-refractivity contribution in [2.24, 2.45) is 0 Å². The number of aliphatic hydroxyl groups excluding tert-OH is 1. The average Bonchev–Trinajstić information content (AvgIpc) is 3.53. The molecule has 0 radical (unpaired) electrons. The van der Waals surface area contributed by atoms with Gasteiger partial charge in [0, 0.05) is 5.56 Å². The Labute approximate surface area is 261 Å². The summed E-state index contributed by atoms with van der Waals surface area (Å²) in [7, 11) is 1.50. The number of aromatic nitrogens is 1. The highest BCUT2D eigenvalue weighted by Crippen LogP contribution is 2.45. The number of amides is 1. The Bertz CT molecular complexity index is 1550. The predicted octanol–water partition coefficient (Wildman–Crippen LogP) is 6.62. The summed E-state index contributed by atoms with van der Waals surface area (Å²) >= 11 is 0.946. The van der Waals surface area contributed by atoms with E-state index in [1.54, 1.807) is 56.3 Å². The second-order valence-corrected chi connectivity index (χ2v) is 11.1. The maximum Gasteiger partial charge on any atom is 0.350 e. The first-order valence-corrected chi connectivity index (χ1v) is 15.6. The van der Waals surface area contributed by atoms with Crippen LogP contribution < -0.4 is 19.1 Å². The fraction of sp³-hybridized carbons (Fsp3) is 0.394. The van der Waals surface area contributed by atoms with Gasteiger partial charge in [-0.1, -0.05) is 56.2 Å². The molecule has 44 heavy (non-hydrogen) atoms. The number of methoxy groups -OCH3 is 1. The summed E-state index contributed by atoms with van der Waals surface area (Å²) in [6, 6.07) is 10.8. The molecule has 1 aromatic heterocycles. The van der Waals surface area contributed by atoms with E-state index < -0.39 is 23.7 Å². The number of hydrogen-bond donors (Lipinski definition) is 1. The number of aryl methyl sites for hydroxylation is 1. The summed E-state index contributed by atoms with van der Waals surface area (Å²) in [5.41, 5.74) is 1.02. The quantitative estimate of drug-likeness (QED) is 0.0694. The number of ether oxygens (including phenoxy) is 4. The van der Waals surface area contributed by atoms with Gasteiger partial charge >= 0.3 is 11.9 Å². The molecule has 2 heterocycles. The van der Waals surface area contributed by atoms with Crippen molar-refractivity contribution in [3.8, 4) is 17.2 Å². The number of esters is 1. The molecule has 11 heteroatoms. The van der Waals surface area contributed by atoms with Crippen LogP contribution in [-0.4, -0.2) is 54.7 Å². The zero-order valence-electron chi connectivity index (χ0n) is 25.7. The largest absolute Gasteiger partial charge is 0.507 e. The highest BCUT2D eigenvalue weighted by molar-refractivity contribution is 7.17. The lowest BCUT2D eigenvalue weighted by Crippen LogP contribution is -2.29. The number of hydrogen-bond acceptors (Lipinski definition) is 10. The van der Waals surface area contributed by atoms with E-state index in [0.29, 0.717) is 47.3 Å². The molecule has 1 unspecified atom stereocenters. The number of unbranched alkanes of at least 4 members (excludes halogenated alkanes) is 2. The van der Waals surface area contributed by atoms with Gasteiger partial charge in [0.1, 0.15) is 16.4 Å². The minimum absolute atomic E-state index is 0.121. The van der Waals surface area contributed by atoms with Crippen molar-refractivity contribution in [3.05, 3.63) is 69.7 Å². The van der Waals surface area contributed by atoms with E-state index in [1.807, 2.05) is 0 Å². The van der Waals surface area contributed by atoms with Crippen LogP contribution >= 0.6 is 11.3 Å². The van der Waals surface area contributed by atoms with Gasteiger partial charge in [0.05, 0.1) is 44.2 Å². The third-order valence-corrected chi connectivity index (χ3v) is 8.17. The molecule has 0 spiro atoms. The maximum atomic E-state index is 13.7. The number of anilines is 1. The van der Waals surface area contributed by atoms with Gasteiger partial charge in [-0.2, -0.15) is 0 Å². The Balaban J connectivity index is 1.87. The average molecular weight is 623 g/mol. The van der Waals surface area contributed by atoms with E-state index in [1.165, 1.54) is 12.0 Å². The van der Waals surface area contributed by atoms with Gasteiger partial charge in [-0.25, -0.2) is 9.78 Å². The minimum atomic E-state index is -1.08. The van der Waals surface area contributed by atoms with Crippen LogP contribution in [0.25, 0.3) is 5.76 Å². The zero-order valence-corrected chi connectivity index (χ0v) is 26.5. The normalized spacial score (nSPS) is 15.8. The molecular weight excluding hydrogens is 584 g/mol. The summed E-state index contributed by atoms with van der Waals surface area (Å²) < 4.78 is 22.5. The Morgan fingerprint density at radius 1 is 1.00 bits per heavy atom. The second kappa shape index (κ2) is 14.9. The molecule has 0 aliphatic carbocycles. The van der Waals surface area contributed by atoms with Gasteiger partial charge in [0.15, 0.2) is 16.6 Å². The molecule has 1 N–H and O–H groups in total. The zero-order chi connectivity index (χ0) is 31.8. The Kier molecular flexibility index (Phi) is 11.0. The number of benzene rings is 2. The molecule has 0 saturated carbocycles. The van der Waals surface area contributed by atoms with Crippen molar-refractivity contribution < 1.29 is 38.4 Å². The molecule has 1 saturated heterocycles. The fourth-order valence-electron chi connectivity index (χ4n) is 4.74. The highest BCUT2D eigenvalue weighted by Gasteiger charge is 2.48. The third-order valence-electron chi connectivity index (χ3n) is 7.03. The summed E-state index contributed by atoms with van der Waals surface area (Å²) in [4.78, 5) is 45.9. The van der Waals surface area contributed by atoms with E-state index >= 15 is 0 Å². The van der Waals surface area contributed by atoms with Gasteiger partial charge < -0.3 is 24.1 Å². The summed E-state index contributed by atoms with van der Waals surface area (Å²) in [6.45, 7) is 8.62. The summed E-state index contributed by atoms with van der Waals surface area (Å²) in [5, 5.41) is 11.7. The molecule has 3 aromatic rings. The lowest BCUT2D eigenvalue weighted by Gasteiger charge is -2.24. The first-order chi connectivity index (χ1) is 21.2. The van der Waals surface area contributed by atoms with Crippen LogP contribution in [0.15, 0.2) is 48.0 Å². The molecule has 0 bridgehead atoms. The fourth-order valence-corrected chi connectivity index (χ4v) is 5.73. The number of aliphatic hydroxyl groups is 1. The van der Waals surface area contributed by atoms with E-state index in [2.05, 4.69) is 18.8 Å². The number of carbonyl (C=O) groups is 3. The van der Waals surface area contributed by atoms with E-state index in [-0.39, 0.29) is 27.9 Å². The van der Waals surface area contributed by atoms with Gasteiger partial charge in [0.25, 0.3) is 5.78 Å². The summed E-state index contributed by atoms with van der Waals surface area (Å²) in [5.74, 6) is -1.28. The van der Waals surface area contributed by atoms with Gasteiger partial charge in [-0.05, 0) is 56.5 Å². The molecule has 2 aromatic carbocycles. The number of carbonyl (C=O) groups excluding carboxylic acids is 3. The molecule has 10 nitrogen and oxygen atoms in total. The maximum absolute atomic E-state index is 13.7. The van der Waals surface area contributed by atoms with Crippen molar-refractivity contribution in [1.29, 1.82) is 0 Å². The van der Waals surface area contributed by atoms with Crippen LogP contribution in [0.1, 0.15) is 79.0 Å². The first-order valence-electron chi connectivity index (χ1n) is 14.7. The Morgan fingerprint density at radius 2 is 1.73 bits per heavy atom. The number of nitrogens with zero attached hydrogens (tertiary/aromatic N) is 2. The number of Topliss-reactive ketones (excluding diaryl/α,β-unsaturated/α-hetero) is 1. The molecule has 4 rings (SSSR count). The highest BCUT2D eigenvalue weighted by atomic mass is 32.1. The van der Waals surface area contributed by atoms with E-state index in [0.717, 1.165) is 37.0 Å². The molecule has 1 atom stereocenters. The standard InChI is InChI=1S/C33H38N2O8S/c1-6-9-16-42-23-13-11-12-22(18-23)28(36)26-27(21-14-15-24(25(19-21)40-5)43-17-10-7-2)35(31(38)29(26)37)33-34-20(4)30(44-33)32(39)41-8-3/h11-15,18-19,27,36H,6-10,16-17H2,1-5H3. The van der Waals surface area contributed by atoms with Crippen molar-refractivity contribution in [2.45, 2.75) is 59.4 Å². The number of ketones is 1. The second-order valence-electron chi connectivity index (χ2n) is 10.1. The van der Waals surface area contributed by atoms with Crippen LogP contribution in [0, 0.1) is 6.92 Å². The lowest BCUT2D eigenvalue weighted by atomic mass is 9.95. The minimum Gasteiger partial charge on any atom is -0.507 e. The molecule has 234 valence electrons. The van der Waals surface area contributed by atoms with Crippen molar-refractivity contribution >= 4 is 39.9 Å². The topological polar surface area (TPSA) is 124 Å². The third kappa shape index (κ3) is 6.88. The number of rotatable bonds is 14. The number of thiazole rings is 1. The van der Waals surface area contributed by atoms with Crippen molar-refractivity contribution in [1.82, 2.24) is 4.98 Å². The van der Waals surface area contributed by atoms with Gasteiger partial charge in [0.2, 0.25) is 0 Å². The van der Waals surface area contributed by atoms with Crippen LogP contribution in [0.4, 0.5) is 5.13 Å². The molecule has 1 fully saturated rings. The van der Waals surface area contributed by atoms with E-state index in [4.69, 9.17) is 18.9 Å². The van der Waals surface area contributed by atoms with Crippen LogP contribution in [-0.2, 0) is 14.3 Å². The lowest BCUT2D eigenvalue weighted by molar-refractivity contribution is -0.132. The smallest absolute Gasteiger partial charge is 0.350 e. The van der Waals surface area contributed by atoms with Crippen LogP contribution in [0.2, 0.25) is 0 Å². The SMILES string of the molecule is CCCCOc1cccc(C(O)=C2C(=O)C(=O)N(c3nc(C)c(C(=O)OCC)s3)C2c2ccc(OCCCC)c(OC)c2)c1. The van der Waals surface area contributed by atoms with Crippen molar-refractivity contribution in [3.63, 3.8) is 0 Å². The Morgan fingerprint density at radius 3 is 2.41 bits per heavy atom. The van der Waals surface area contributed by atoms with E-state index in [9.17, 15) is 19.5 Å².